The van der Waals surface area contributed by atoms with E-state index < -0.39 is 11.9 Å². The quantitative estimate of drug-likeness (QED) is 0.673. The van der Waals surface area contributed by atoms with Gasteiger partial charge >= 0.3 is 6.03 Å². The molecule has 104 valence electrons. The second kappa shape index (κ2) is 8.23. The number of hydrogen-bond acceptors (Lipinski definition) is 4. The number of nitrogens with one attached hydrogen (secondary N) is 2. The standard InChI is InChI=1S/C13H19N3O3/c1-14-13(19)15-12(18)10-16(7-8-17)9-11-5-3-2-4-6-11/h2-6,17H,7-10H2,1H3,(H2,14,15,18,19). The molecule has 0 radical (unpaired) electrons. The zero-order valence-corrected chi connectivity index (χ0v) is 10.9. The smallest absolute Gasteiger partial charge is 0.321 e. The van der Waals surface area contributed by atoms with Crippen molar-refractivity contribution in [1.82, 2.24) is 15.5 Å². The number of rotatable bonds is 6. The monoisotopic (exact) mass is 265 g/mol. The maximum Gasteiger partial charge on any atom is 0.321 e. The van der Waals surface area contributed by atoms with Crippen LogP contribution in [0.4, 0.5) is 4.79 Å². The van der Waals surface area contributed by atoms with Crippen molar-refractivity contribution in [1.29, 1.82) is 0 Å². The van der Waals surface area contributed by atoms with E-state index in [0.717, 1.165) is 5.56 Å². The van der Waals surface area contributed by atoms with Gasteiger partial charge in [-0.2, -0.15) is 0 Å². The van der Waals surface area contributed by atoms with Crippen molar-refractivity contribution in [2.45, 2.75) is 6.54 Å². The topological polar surface area (TPSA) is 81.7 Å². The van der Waals surface area contributed by atoms with Crippen LogP contribution in [0, 0.1) is 0 Å². The Hall–Kier alpha value is -1.92. The van der Waals surface area contributed by atoms with Gasteiger partial charge in [-0.15, -0.1) is 0 Å². The van der Waals surface area contributed by atoms with Crippen molar-refractivity contribution in [3.8, 4) is 0 Å². The van der Waals surface area contributed by atoms with Crippen LogP contribution in [0.3, 0.4) is 0 Å². The van der Waals surface area contributed by atoms with Crippen molar-refractivity contribution in [2.24, 2.45) is 0 Å². The zero-order chi connectivity index (χ0) is 14.1. The number of nitrogens with zero attached hydrogens (tertiary/aromatic N) is 1. The average molecular weight is 265 g/mol. The molecular weight excluding hydrogens is 246 g/mol. The SMILES string of the molecule is CNC(=O)NC(=O)CN(CCO)Cc1ccccc1. The maximum absolute atomic E-state index is 11.6. The fraction of sp³-hybridized carbons (Fsp3) is 0.385. The van der Waals surface area contributed by atoms with E-state index in [1.807, 2.05) is 30.3 Å². The van der Waals surface area contributed by atoms with E-state index in [1.54, 1.807) is 4.90 Å². The first-order chi connectivity index (χ1) is 9.15. The van der Waals surface area contributed by atoms with Gasteiger partial charge in [-0.3, -0.25) is 15.0 Å². The summed E-state index contributed by atoms with van der Waals surface area (Å²) in [7, 11) is 1.44. The van der Waals surface area contributed by atoms with Crippen LogP contribution < -0.4 is 10.6 Å². The van der Waals surface area contributed by atoms with Crippen molar-refractivity contribution >= 4 is 11.9 Å². The minimum Gasteiger partial charge on any atom is -0.395 e. The molecule has 6 nitrogen and oxygen atoms in total. The van der Waals surface area contributed by atoms with Crippen molar-refractivity contribution < 1.29 is 14.7 Å². The fourth-order valence-corrected chi connectivity index (χ4v) is 1.63. The third-order valence-corrected chi connectivity index (χ3v) is 2.51. The lowest BCUT2D eigenvalue weighted by Crippen LogP contribution is -2.43. The first kappa shape index (κ1) is 15.1. The maximum atomic E-state index is 11.6. The van der Waals surface area contributed by atoms with E-state index in [0.29, 0.717) is 13.1 Å². The lowest BCUT2D eigenvalue weighted by molar-refractivity contribution is -0.121. The minimum atomic E-state index is -0.534. The summed E-state index contributed by atoms with van der Waals surface area (Å²) in [5.74, 6) is -0.399. The second-order valence-corrected chi connectivity index (χ2v) is 4.05. The van der Waals surface area contributed by atoms with Crippen LogP contribution in [0.15, 0.2) is 30.3 Å². The highest BCUT2D eigenvalue weighted by Crippen LogP contribution is 2.03. The first-order valence-corrected chi connectivity index (χ1v) is 6.04. The van der Waals surface area contributed by atoms with Gasteiger partial charge in [0.15, 0.2) is 0 Å². The number of carbonyl (C=O) groups is 2. The van der Waals surface area contributed by atoms with Gasteiger partial charge in [0.05, 0.1) is 13.2 Å². The molecule has 0 aliphatic heterocycles. The highest BCUT2D eigenvalue weighted by molar-refractivity contribution is 5.95. The zero-order valence-electron chi connectivity index (χ0n) is 10.9. The number of aliphatic hydroxyl groups is 1. The van der Waals surface area contributed by atoms with Gasteiger partial charge in [-0.25, -0.2) is 4.79 Å². The van der Waals surface area contributed by atoms with Crippen LogP contribution in [0.2, 0.25) is 0 Å². The molecule has 0 unspecified atom stereocenters. The Morgan fingerprint density at radius 3 is 2.53 bits per heavy atom. The van der Waals surface area contributed by atoms with Crippen molar-refractivity contribution in [2.75, 3.05) is 26.7 Å². The number of hydrogen-bond donors (Lipinski definition) is 3. The molecular formula is C13H19N3O3. The second-order valence-electron chi connectivity index (χ2n) is 4.05. The van der Waals surface area contributed by atoms with Gasteiger partial charge < -0.3 is 10.4 Å². The molecule has 0 aliphatic carbocycles. The van der Waals surface area contributed by atoms with Crippen LogP contribution in [0.25, 0.3) is 0 Å². The van der Waals surface area contributed by atoms with Crippen LogP contribution in [0.5, 0.6) is 0 Å². The van der Waals surface area contributed by atoms with E-state index >= 15 is 0 Å². The van der Waals surface area contributed by atoms with E-state index in [-0.39, 0.29) is 13.2 Å². The van der Waals surface area contributed by atoms with Gasteiger partial charge in [0.2, 0.25) is 5.91 Å². The van der Waals surface area contributed by atoms with Crippen LogP contribution >= 0.6 is 0 Å². The lowest BCUT2D eigenvalue weighted by atomic mass is 10.2. The van der Waals surface area contributed by atoms with E-state index in [2.05, 4.69) is 10.6 Å². The number of urea groups is 1. The summed E-state index contributed by atoms with van der Waals surface area (Å²) in [5, 5.41) is 13.5. The molecule has 0 atom stereocenters. The van der Waals surface area contributed by atoms with E-state index in [1.165, 1.54) is 7.05 Å². The number of aliphatic hydroxyl groups excluding tert-OH is 1. The number of carbonyl (C=O) groups excluding carboxylic acids is 2. The molecule has 0 bridgehead atoms. The Labute approximate surface area is 112 Å². The molecule has 0 spiro atoms. The summed E-state index contributed by atoms with van der Waals surface area (Å²) >= 11 is 0. The van der Waals surface area contributed by atoms with Gasteiger partial charge in [0.1, 0.15) is 0 Å². The van der Waals surface area contributed by atoms with Gasteiger partial charge in [-0.1, -0.05) is 30.3 Å². The first-order valence-electron chi connectivity index (χ1n) is 6.04. The predicted molar refractivity (Wildman–Crippen MR) is 71.4 cm³/mol. The molecule has 0 aliphatic rings. The van der Waals surface area contributed by atoms with Gasteiger partial charge in [0, 0.05) is 20.1 Å². The molecule has 0 saturated carbocycles. The summed E-state index contributed by atoms with van der Waals surface area (Å²) < 4.78 is 0. The third kappa shape index (κ3) is 5.98. The summed E-state index contributed by atoms with van der Waals surface area (Å²) in [6, 6.07) is 9.10. The molecule has 1 aromatic rings. The van der Waals surface area contributed by atoms with Crippen LogP contribution in [-0.2, 0) is 11.3 Å². The van der Waals surface area contributed by atoms with E-state index in [9.17, 15) is 9.59 Å². The normalized spacial score (nSPS) is 10.3. The number of amides is 3. The molecule has 19 heavy (non-hydrogen) atoms. The Balaban J connectivity index is 2.53. The minimum absolute atomic E-state index is 0.0416. The Morgan fingerprint density at radius 2 is 1.95 bits per heavy atom. The molecule has 1 rings (SSSR count). The Morgan fingerprint density at radius 1 is 1.26 bits per heavy atom. The van der Waals surface area contributed by atoms with Crippen molar-refractivity contribution in [3.05, 3.63) is 35.9 Å². The average Bonchev–Trinajstić information content (AvgIpc) is 2.39. The van der Waals surface area contributed by atoms with Gasteiger partial charge in [-0.05, 0) is 5.56 Å². The number of imide groups is 1. The van der Waals surface area contributed by atoms with Crippen LogP contribution in [-0.4, -0.2) is 48.7 Å². The molecule has 0 saturated heterocycles. The van der Waals surface area contributed by atoms with Crippen LogP contribution in [0.1, 0.15) is 5.56 Å². The van der Waals surface area contributed by atoms with E-state index in [4.69, 9.17) is 5.11 Å². The summed E-state index contributed by atoms with van der Waals surface area (Å²) in [6.07, 6.45) is 0. The molecule has 3 amide bonds. The molecule has 6 heteroatoms. The highest BCUT2D eigenvalue weighted by atomic mass is 16.3. The largest absolute Gasteiger partial charge is 0.395 e. The molecule has 0 fully saturated rings. The Bertz CT molecular complexity index is 409. The lowest BCUT2D eigenvalue weighted by Gasteiger charge is -2.20. The summed E-state index contributed by atoms with van der Waals surface area (Å²) in [6.45, 7) is 0.932. The fourth-order valence-electron chi connectivity index (χ4n) is 1.63. The summed E-state index contributed by atoms with van der Waals surface area (Å²) in [4.78, 5) is 24.4. The molecule has 3 N–H and O–H groups in total. The molecule has 0 aromatic heterocycles. The number of benzene rings is 1. The van der Waals surface area contributed by atoms with Gasteiger partial charge in [0.25, 0.3) is 0 Å². The van der Waals surface area contributed by atoms with Crippen molar-refractivity contribution in [3.63, 3.8) is 0 Å². The molecule has 1 aromatic carbocycles. The highest BCUT2D eigenvalue weighted by Gasteiger charge is 2.12. The Kier molecular flexibility index (Phi) is 6.56. The summed E-state index contributed by atoms with van der Waals surface area (Å²) in [5.41, 5.74) is 1.05. The molecule has 0 heterocycles. The predicted octanol–water partition coefficient (Wildman–Crippen LogP) is -0.0635. The third-order valence-electron chi connectivity index (χ3n) is 2.51.